The molecular weight excluding hydrogens is 1430 g/mol. The summed E-state index contributed by atoms with van der Waals surface area (Å²) in [5.41, 5.74) is 29.1. The molecule has 1 aliphatic carbocycles. The fourth-order valence-corrected chi connectivity index (χ4v) is 23.2. The highest BCUT2D eigenvalue weighted by atomic mass is 32.1. The molecule has 0 bridgehead atoms. The van der Waals surface area contributed by atoms with E-state index in [9.17, 15) is 0 Å². The molecule has 528 valence electrons. The van der Waals surface area contributed by atoms with Crippen molar-refractivity contribution in [2.75, 3.05) is 19.6 Å². The molecular formula is C103H66B2N4OS3. The van der Waals surface area contributed by atoms with Gasteiger partial charge < -0.3 is 24.3 Å². The van der Waals surface area contributed by atoms with Gasteiger partial charge in [0.05, 0.1) is 32.1 Å². The Bertz CT molecular complexity index is 7120. The molecule has 10 heteroatoms. The molecule has 7 heterocycles. The van der Waals surface area contributed by atoms with E-state index in [1.807, 2.05) is 34.0 Å². The second-order valence-electron chi connectivity index (χ2n) is 30.3. The van der Waals surface area contributed by atoms with E-state index in [1.54, 1.807) is 0 Å². The third kappa shape index (κ3) is 9.90. The zero-order chi connectivity index (χ0) is 73.9. The predicted molar refractivity (Wildman–Crippen MR) is 484 cm³/mol. The maximum atomic E-state index is 7.68. The Kier molecular flexibility index (Phi) is 14.7. The monoisotopic (exact) mass is 1490 g/mol. The van der Waals surface area contributed by atoms with Gasteiger partial charge in [0.1, 0.15) is 11.5 Å². The number of rotatable bonds is 11. The Labute approximate surface area is 667 Å². The molecule has 5 nitrogen and oxygen atoms in total. The highest BCUT2D eigenvalue weighted by Crippen LogP contribution is 2.58. The van der Waals surface area contributed by atoms with Gasteiger partial charge in [0, 0.05) is 114 Å². The second-order valence-corrected chi connectivity index (χ2v) is 33.4. The Hall–Kier alpha value is -13.2. The van der Waals surface area contributed by atoms with Crippen LogP contribution in [0, 0.1) is 0 Å². The van der Waals surface area contributed by atoms with E-state index in [0.29, 0.717) is 0 Å². The standard InChI is InChI=1S/C103H66B2N4OS3/c1-6-30-64(31-7-1)71-43-26-44-72(65-32-8-2-9-33-65)100(71)109-88-63-87-82(62-83(88)104-80-49-19-21-51-84(80)107(85-52-28-46-77-74-41-17-24-56-95(74)112-102(77)85)90-60-70(61-91(109)98(90)104)106(68-36-12-4-13-37-68)69-38-14-5-15-39-69)105-81-50-20-22-54-92(81)110-93-59-67(58-89(99(93)105)108(87)86-53-29-47-78-75-42-18-25-57-96(75)113-103(78)86)97(66-34-10-3-11-35-66)79-48-27-45-76-73-40-16-23-55-94(73)111-101(76)79/h1-20,22-50,52-63,97H,21,51H2. The summed E-state index contributed by atoms with van der Waals surface area (Å²) in [5, 5.41) is 7.60. The normalized spacial score (nSPS) is 14.0. The summed E-state index contributed by atoms with van der Waals surface area (Å²) in [5.74, 6) is 1.56. The molecule has 0 radical (unpaired) electrons. The Morgan fingerprint density at radius 1 is 0.327 bits per heavy atom. The summed E-state index contributed by atoms with van der Waals surface area (Å²) < 4.78 is 15.3. The molecule has 4 aliphatic heterocycles. The van der Waals surface area contributed by atoms with Crippen LogP contribution in [0.25, 0.3) is 82.8 Å². The number of allylic oxidation sites excluding steroid dienone is 4. The van der Waals surface area contributed by atoms with Crippen molar-refractivity contribution in [1.82, 2.24) is 0 Å². The largest absolute Gasteiger partial charge is 0.458 e. The van der Waals surface area contributed by atoms with Crippen molar-refractivity contribution < 1.29 is 4.74 Å². The number of hydrogen-bond acceptors (Lipinski definition) is 8. The van der Waals surface area contributed by atoms with Crippen molar-refractivity contribution in [2.24, 2.45) is 0 Å². The van der Waals surface area contributed by atoms with E-state index in [4.69, 9.17) is 4.74 Å². The van der Waals surface area contributed by atoms with Crippen LogP contribution < -0.4 is 51.7 Å². The molecule has 0 saturated heterocycles. The van der Waals surface area contributed by atoms with Crippen molar-refractivity contribution >= 4 is 198 Å². The molecule has 1 atom stereocenters. The fourth-order valence-electron chi connectivity index (χ4n) is 19.6. The summed E-state index contributed by atoms with van der Waals surface area (Å²) in [6, 6.07) is 135. The molecule has 3 aromatic heterocycles. The number of para-hydroxylation sites is 4. The predicted octanol–water partition coefficient (Wildman–Crippen LogP) is 25.9. The molecule has 16 aromatic carbocycles. The maximum Gasteiger partial charge on any atom is 0.256 e. The van der Waals surface area contributed by atoms with Gasteiger partial charge in [-0.05, 0) is 164 Å². The number of hydrogen-bond donors (Lipinski definition) is 0. The number of anilines is 11. The van der Waals surface area contributed by atoms with Gasteiger partial charge in [-0.3, -0.25) is 0 Å². The Morgan fingerprint density at radius 2 is 0.814 bits per heavy atom. The lowest BCUT2D eigenvalue weighted by Gasteiger charge is -2.48. The lowest BCUT2D eigenvalue weighted by molar-refractivity contribution is 0.486. The number of ether oxygens (including phenoxy) is 1. The highest BCUT2D eigenvalue weighted by molar-refractivity contribution is 7.27. The maximum absolute atomic E-state index is 7.68. The van der Waals surface area contributed by atoms with Crippen molar-refractivity contribution in [3.8, 4) is 33.8 Å². The first-order valence-corrected chi connectivity index (χ1v) is 41.6. The smallest absolute Gasteiger partial charge is 0.256 e. The summed E-state index contributed by atoms with van der Waals surface area (Å²) in [7, 11) is 0. The van der Waals surface area contributed by atoms with E-state index in [0.717, 1.165) is 114 Å². The molecule has 0 spiro atoms. The van der Waals surface area contributed by atoms with Crippen LogP contribution in [0.2, 0.25) is 0 Å². The third-order valence-corrected chi connectivity index (χ3v) is 27.9. The van der Waals surface area contributed by atoms with Crippen LogP contribution >= 0.6 is 34.0 Å². The molecule has 0 N–H and O–H groups in total. The lowest BCUT2D eigenvalue weighted by Crippen LogP contribution is -2.62. The number of fused-ring (bicyclic) bond motifs is 16. The quantitative estimate of drug-likeness (QED) is 0.0948. The average Bonchev–Trinajstić information content (AvgIpc) is 0.830. The van der Waals surface area contributed by atoms with Gasteiger partial charge in [-0.1, -0.05) is 279 Å². The van der Waals surface area contributed by atoms with Crippen LogP contribution in [0.15, 0.2) is 381 Å². The molecule has 0 amide bonds. The Morgan fingerprint density at radius 3 is 1.44 bits per heavy atom. The molecule has 19 aromatic rings. The van der Waals surface area contributed by atoms with E-state index >= 15 is 0 Å². The van der Waals surface area contributed by atoms with Gasteiger partial charge in [-0.2, -0.15) is 0 Å². The SMILES string of the molecule is C1=CC2=C(CC1)N(c1cccc3c1sc1ccccc13)c1cc(N(c3ccccc3)c3ccccc3)cc3c1B2c1cc2c(cc1N3c1c(-c3ccccc3)cccc1-c1ccccc1)N(c1cccc3c1sc1ccccc13)c1cc(C(c3ccccc3)c3cccc4c3sc3ccccc34)cc3c1B2c1ccccc1O3. The van der Waals surface area contributed by atoms with Gasteiger partial charge in [0.15, 0.2) is 0 Å². The van der Waals surface area contributed by atoms with Crippen LogP contribution in [-0.4, -0.2) is 13.4 Å². The van der Waals surface area contributed by atoms with Gasteiger partial charge >= 0.3 is 0 Å². The Balaban J connectivity index is 0.862. The fraction of sp³-hybridized carbons (Fsp3) is 0.0291. The van der Waals surface area contributed by atoms with Gasteiger partial charge in [-0.15, -0.1) is 34.0 Å². The summed E-state index contributed by atoms with van der Waals surface area (Å²) in [6.07, 6.45) is 6.73. The summed E-state index contributed by atoms with van der Waals surface area (Å²) >= 11 is 5.70. The van der Waals surface area contributed by atoms with Crippen molar-refractivity contribution in [1.29, 1.82) is 0 Å². The second kappa shape index (κ2) is 25.7. The minimum absolute atomic E-state index is 0.184. The molecule has 1 unspecified atom stereocenters. The summed E-state index contributed by atoms with van der Waals surface area (Å²) in [4.78, 5) is 10.6. The zero-order valence-corrected chi connectivity index (χ0v) is 63.7. The van der Waals surface area contributed by atoms with Crippen LogP contribution in [0.1, 0.15) is 35.4 Å². The first-order chi connectivity index (χ1) is 56.1. The van der Waals surface area contributed by atoms with E-state index in [1.165, 1.54) is 111 Å². The topological polar surface area (TPSA) is 22.2 Å². The van der Waals surface area contributed by atoms with E-state index in [-0.39, 0.29) is 19.3 Å². The van der Waals surface area contributed by atoms with E-state index < -0.39 is 0 Å². The molecule has 24 rings (SSSR count). The van der Waals surface area contributed by atoms with Crippen molar-refractivity contribution in [3.05, 3.63) is 398 Å². The molecule has 5 aliphatic rings. The minimum atomic E-state index is -0.252. The molecule has 113 heavy (non-hydrogen) atoms. The van der Waals surface area contributed by atoms with Gasteiger partial charge in [0.2, 0.25) is 0 Å². The average molecular weight is 1490 g/mol. The highest BCUT2D eigenvalue weighted by Gasteiger charge is 2.50. The summed E-state index contributed by atoms with van der Waals surface area (Å²) in [6.45, 7) is -0.486. The third-order valence-electron chi connectivity index (χ3n) is 24.2. The van der Waals surface area contributed by atoms with Crippen LogP contribution in [0.3, 0.4) is 0 Å². The van der Waals surface area contributed by atoms with Gasteiger partial charge in [-0.25, -0.2) is 0 Å². The van der Waals surface area contributed by atoms with Crippen molar-refractivity contribution in [2.45, 2.75) is 18.8 Å². The lowest BCUT2D eigenvalue weighted by atomic mass is 9.30. The first-order valence-electron chi connectivity index (χ1n) is 39.1. The van der Waals surface area contributed by atoms with Crippen LogP contribution in [0.5, 0.6) is 11.5 Å². The first kappa shape index (κ1) is 64.6. The van der Waals surface area contributed by atoms with Crippen molar-refractivity contribution in [3.63, 3.8) is 0 Å². The van der Waals surface area contributed by atoms with Crippen LogP contribution in [-0.2, 0) is 0 Å². The van der Waals surface area contributed by atoms with Crippen LogP contribution in [0.4, 0.5) is 62.6 Å². The number of thiophene rings is 3. The number of benzene rings is 16. The minimum Gasteiger partial charge on any atom is -0.458 e. The van der Waals surface area contributed by atoms with Gasteiger partial charge in [0.25, 0.3) is 13.4 Å². The zero-order valence-electron chi connectivity index (χ0n) is 61.3. The van der Waals surface area contributed by atoms with E-state index in [2.05, 4.69) is 390 Å². The molecule has 0 saturated carbocycles. The molecule has 0 fully saturated rings. The number of nitrogens with zero attached hydrogens (tertiary/aromatic N) is 4.